The lowest BCUT2D eigenvalue weighted by Gasteiger charge is -2.24. The van der Waals surface area contributed by atoms with Gasteiger partial charge in [0.15, 0.2) is 5.69 Å². The third-order valence-electron chi connectivity index (χ3n) is 6.44. The SMILES string of the molecule is CCOCCN(CCCCc1ccc2c(n1)NCCC2)CC[C@H](NC(=O)c1nnccc1C(F)(F)F)C(=O)O. The lowest BCUT2D eigenvalue weighted by molar-refractivity contribution is -0.139. The minimum atomic E-state index is -4.83. The van der Waals surface area contributed by atoms with Crippen LogP contribution in [-0.4, -0.2) is 82.5 Å². The minimum absolute atomic E-state index is 0.00708. The van der Waals surface area contributed by atoms with E-state index in [2.05, 4.69) is 33.0 Å². The van der Waals surface area contributed by atoms with E-state index < -0.39 is 35.4 Å². The van der Waals surface area contributed by atoms with E-state index in [1.165, 1.54) is 5.56 Å². The van der Waals surface area contributed by atoms with Crippen LogP contribution in [0.5, 0.6) is 0 Å². The molecule has 0 fully saturated rings. The largest absolute Gasteiger partial charge is 0.480 e. The molecule has 0 radical (unpaired) electrons. The monoisotopic (exact) mass is 552 g/mol. The maximum Gasteiger partial charge on any atom is 0.418 e. The van der Waals surface area contributed by atoms with Crippen LogP contribution in [0.1, 0.15) is 59.9 Å². The highest BCUT2D eigenvalue weighted by atomic mass is 19.4. The third kappa shape index (κ3) is 9.43. The molecule has 1 atom stereocenters. The number of halogens is 3. The summed E-state index contributed by atoms with van der Waals surface area (Å²) in [7, 11) is 0. The molecule has 0 saturated heterocycles. The molecule has 214 valence electrons. The number of carbonyl (C=O) groups excluding carboxylic acids is 1. The maximum atomic E-state index is 13.2. The van der Waals surface area contributed by atoms with Crippen LogP contribution in [0.15, 0.2) is 24.4 Å². The van der Waals surface area contributed by atoms with Gasteiger partial charge >= 0.3 is 12.1 Å². The van der Waals surface area contributed by atoms with E-state index in [0.717, 1.165) is 56.4 Å². The Morgan fingerprint density at radius 1 is 1.21 bits per heavy atom. The number of carboxylic acid groups (broad SMARTS) is 1. The molecule has 3 rings (SSSR count). The molecule has 1 amide bonds. The molecule has 13 heteroatoms. The fourth-order valence-corrected chi connectivity index (χ4v) is 4.35. The average Bonchev–Trinajstić information content (AvgIpc) is 2.92. The number of carbonyl (C=O) groups is 2. The van der Waals surface area contributed by atoms with Crippen molar-refractivity contribution in [2.45, 2.75) is 57.7 Å². The van der Waals surface area contributed by atoms with Gasteiger partial charge in [0, 0.05) is 31.9 Å². The summed E-state index contributed by atoms with van der Waals surface area (Å²) in [5.74, 6) is -1.63. The van der Waals surface area contributed by atoms with E-state index in [1.807, 2.05) is 11.8 Å². The Morgan fingerprint density at radius 2 is 2.03 bits per heavy atom. The number of aryl methyl sites for hydroxylation is 2. The Morgan fingerprint density at radius 3 is 2.77 bits per heavy atom. The fourth-order valence-electron chi connectivity index (χ4n) is 4.35. The van der Waals surface area contributed by atoms with Gasteiger partial charge in [0.2, 0.25) is 0 Å². The smallest absolute Gasteiger partial charge is 0.418 e. The summed E-state index contributed by atoms with van der Waals surface area (Å²) in [6.45, 7) is 5.32. The quantitative estimate of drug-likeness (QED) is 0.285. The molecular weight excluding hydrogens is 517 g/mol. The highest BCUT2D eigenvalue weighted by molar-refractivity contribution is 5.96. The summed E-state index contributed by atoms with van der Waals surface area (Å²) >= 11 is 0. The van der Waals surface area contributed by atoms with Gasteiger partial charge in [-0.2, -0.15) is 18.3 Å². The summed E-state index contributed by atoms with van der Waals surface area (Å²) < 4.78 is 45.2. The fraction of sp³-hybridized carbons (Fsp3) is 0.577. The number of aliphatic carboxylic acids is 1. The van der Waals surface area contributed by atoms with E-state index >= 15 is 0 Å². The first-order valence-electron chi connectivity index (χ1n) is 13.1. The Balaban J connectivity index is 1.54. The van der Waals surface area contributed by atoms with Crippen LogP contribution < -0.4 is 10.6 Å². The number of hydrogen-bond acceptors (Lipinski definition) is 8. The van der Waals surface area contributed by atoms with E-state index in [9.17, 15) is 27.9 Å². The third-order valence-corrected chi connectivity index (χ3v) is 6.44. The second-order valence-corrected chi connectivity index (χ2v) is 9.28. The molecule has 3 N–H and O–H groups in total. The van der Waals surface area contributed by atoms with Gasteiger partial charge in [-0.15, -0.1) is 5.10 Å². The molecule has 3 heterocycles. The van der Waals surface area contributed by atoms with Crippen LogP contribution in [0.25, 0.3) is 0 Å². The number of carboxylic acids is 1. The molecule has 1 aliphatic rings. The molecule has 0 aromatic carbocycles. The number of hydrogen-bond donors (Lipinski definition) is 3. The molecule has 1 aliphatic heterocycles. The Bertz CT molecular complexity index is 1100. The van der Waals surface area contributed by atoms with Gasteiger partial charge in [0.25, 0.3) is 5.91 Å². The summed E-state index contributed by atoms with van der Waals surface area (Å²) in [6, 6.07) is 3.41. The topological polar surface area (TPSA) is 130 Å². The van der Waals surface area contributed by atoms with Crippen molar-refractivity contribution in [2.24, 2.45) is 0 Å². The zero-order chi connectivity index (χ0) is 28.3. The normalized spacial score (nSPS) is 14.0. The summed E-state index contributed by atoms with van der Waals surface area (Å²) in [5.41, 5.74) is 0.0122. The summed E-state index contributed by atoms with van der Waals surface area (Å²) in [5, 5.41) is 21.8. The Hall–Kier alpha value is -3.32. The van der Waals surface area contributed by atoms with Crippen molar-refractivity contribution in [2.75, 3.05) is 44.7 Å². The number of pyridine rings is 1. The molecule has 2 aromatic heterocycles. The van der Waals surface area contributed by atoms with Crippen LogP contribution >= 0.6 is 0 Å². The number of alkyl halides is 3. The molecule has 0 aliphatic carbocycles. The average molecular weight is 553 g/mol. The number of anilines is 1. The number of unbranched alkanes of at least 4 members (excludes halogenated alkanes) is 1. The predicted octanol–water partition coefficient (Wildman–Crippen LogP) is 3.18. The van der Waals surface area contributed by atoms with Crippen LogP contribution in [0.4, 0.5) is 19.0 Å². The van der Waals surface area contributed by atoms with E-state index in [0.29, 0.717) is 38.9 Å². The lowest BCUT2D eigenvalue weighted by Crippen LogP contribution is -2.44. The second-order valence-electron chi connectivity index (χ2n) is 9.28. The first-order chi connectivity index (χ1) is 18.7. The molecule has 39 heavy (non-hydrogen) atoms. The summed E-state index contributed by atoms with van der Waals surface area (Å²) in [4.78, 5) is 31.1. The van der Waals surface area contributed by atoms with Crippen LogP contribution in [0, 0.1) is 0 Å². The zero-order valence-electron chi connectivity index (χ0n) is 22.0. The zero-order valence-corrected chi connectivity index (χ0v) is 22.0. The second kappa shape index (κ2) is 14.7. The number of amides is 1. The van der Waals surface area contributed by atoms with Gasteiger partial charge in [0.1, 0.15) is 11.9 Å². The predicted molar refractivity (Wildman–Crippen MR) is 137 cm³/mol. The van der Waals surface area contributed by atoms with E-state index in [4.69, 9.17) is 9.72 Å². The van der Waals surface area contributed by atoms with Gasteiger partial charge in [-0.3, -0.25) is 4.79 Å². The number of nitrogens with one attached hydrogen (secondary N) is 2. The highest BCUT2D eigenvalue weighted by Gasteiger charge is 2.37. The number of rotatable bonds is 15. The van der Waals surface area contributed by atoms with Crippen molar-refractivity contribution in [3.8, 4) is 0 Å². The van der Waals surface area contributed by atoms with Gasteiger partial charge < -0.3 is 25.4 Å². The van der Waals surface area contributed by atoms with Crippen molar-refractivity contribution in [1.82, 2.24) is 25.4 Å². The number of fused-ring (bicyclic) bond motifs is 1. The summed E-state index contributed by atoms with van der Waals surface area (Å²) in [6.07, 6.45) is 0.636. The van der Waals surface area contributed by atoms with Gasteiger partial charge in [-0.05, 0) is 69.7 Å². The molecule has 10 nitrogen and oxygen atoms in total. The Kier molecular flexibility index (Phi) is 11.4. The van der Waals surface area contributed by atoms with Crippen LogP contribution in [-0.2, 0) is 28.5 Å². The first-order valence-corrected chi connectivity index (χ1v) is 13.1. The van der Waals surface area contributed by atoms with Crippen molar-refractivity contribution >= 4 is 17.7 Å². The van der Waals surface area contributed by atoms with E-state index in [-0.39, 0.29) is 6.42 Å². The highest BCUT2D eigenvalue weighted by Crippen LogP contribution is 2.30. The molecule has 0 unspecified atom stereocenters. The minimum Gasteiger partial charge on any atom is -0.480 e. The molecular formula is C26H35F3N6O4. The first kappa shape index (κ1) is 30.2. The molecule has 2 aromatic rings. The van der Waals surface area contributed by atoms with Crippen LogP contribution in [0.3, 0.4) is 0 Å². The van der Waals surface area contributed by atoms with Crippen molar-refractivity contribution < 1.29 is 32.6 Å². The van der Waals surface area contributed by atoms with Gasteiger partial charge in [-0.1, -0.05) is 6.07 Å². The standard InChI is InChI=1S/C26H35F3N6O4/c1-2-39-17-16-35(14-4-3-7-19-9-8-18-6-5-12-30-23(18)32-19)15-11-21(25(37)38)33-24(36)22-20(26(27,28)29)10-13-31-34-22/h8-10,13,21H,2-7,11-12,14-17H2,1H3,(H,30,32)(H,33,36)(H,37,38)/t21-/m0/s1. The molecule has 0 spiro atoms. The van der Waals surface area contributed by atoms with Gasteiger partial charge in [0.05, 0.1) is 18.4 Å². The van der Waals surface area contributed by atoms with Crippen molar-refractivity contribution in [1.29, 1.82) is 0 Å². The molecule has 0 bridgehead atoms. The number of nitrogens with zero attached hydrogens (tertiary/aromatic N) is 4. The number of aromatic nitrogens is 3. The van der Waals surface area contributed by atoms with E-state index in [1.54, 1.807) is 0 Å². The Labute approximate surface area is 225 Å². The number of ether oxygens (including phenoxy) is 1. The molecule has 0 saturated carbocycles. The van der Waals surface area contributed by atoms with Crippen LogP contribution in [0.2, 0.25) is 0 Å². The van der Waals surface area contributed by atoms with Gasteiger partial charge in [-0.25, -0.2) is 9.78 Å². The van der Waals surface area contributed by atoms with Crippen molar-refractivity contribution in [3.63, 3.8) is 0 Å². The van der Waals surface area contributed by atoms with Crippen molar-refractivity contribution in [3.05, 3.63) is 46.9 Å². The lowest BCUT2D eigenvalue weighted by atomic mass is 10.1. The maximum absolute atomic E-state index is 13.2.